The highest BCUT2D eigenvalue weighted by molar-refractivity contribution is 5.93. The number of hydrogen-bond donors (Lipinski definition) is 2. The first-order valence-corrected chi connectivity index (χ1v) is 9.12. The molecule has 9 heteroatoms. The van der Waals surface area contributed by atoms with Crippen molar-refractivity contribution in [3.05, 3.63) is 82.8 Å². The summed E-state index contributed by atoms with van der Waals surface area (Å²) in [5.41, 5.74) is 2.14. The molecule has 0 atom stereocenters. The van der Waals surface area contributed by atoms with Gasteiger partial charge >= 0.3 is 5.69 Å². The van der Waals surface area contributed by atoms with E-state index in [0.29, 0.717) is 12.2 Å². The molecule has 150 valence electrons. The average molecular weight is 402 g/mol. The van der Waals surface area contributed by atoms with Crippen molar-refractivity contribution in [1.29, 1.82) is 0 Å². The monoisotopic (exact) mass is 402 g/mol. The number of hydrogen-bond acceptors (Lipinski definition) is 8. The lowest BCUT2D eigenvalue weighted by atomic mass is 10.2. The van der Waals surface area contributed by atoms with Gasteiger partial charge in [-0.3, -0.25) is 15.1 Å². The second-order valence-electron chi connectivity index (χ2n) is 6.38. The SMILES string of the molecule is COc1ccc(CNc2ncnc(Nc3cccc4ncccc34)c2[N+](=O)[O-])cc1. The largest absolute Gasteiger partial charge is 0.497 e. The van der Waals surface area contributed by atoms with Gasteiger partial charge in [0.05, 0.1) is 17.5 Å². The fourth-order valence-electron chi connectivity index (χ4n) is 3.04. The van der Waals surface area contributed by atoms with Crippen LogP contribution in [0.2, 0.25) is 0 Å². The Hall–Kier alpha value is -4.27. The average Bonchev–Trinajstić information content (AvgIpc) is 2.78. The van der Waals surface area contributed by atoms with E-state index in [0.717, 1.165) is 22.2 Å². The summed E-state index contributed by atoms with van der Waals surface area (Å²) in [6.07, 6.45) is 2.98. The first-order valence-electron chi connectivity index (χ1n) is 9.12. The van der Waals surface area contributed by atoms with E-state index < -0.39 is 4.92 Å². The van der Waals surface area contributed by atoms with Gasteiger partial charge in [-0.25, -0.2) is 9.97 Å². The van der Waals surface area contributed by atoms with Gasteiger partial charge < -0.3 is 15.4 Å². The number of anilines is 3. The van der Waals surface area contributed by atoms with Crippen LogP contribution in [0, 0.1) is 10.1 Å². The number of nitrogens with zero attached hydrogens (tertiary/aromatic N) is 4. The third-order valence-electron chi connectivity index (χ3n) is 4.52. The fourth-order valence-corrected chi connectivity index (χ4v) is 3.04. The van der Waals surface area contributed by atoms with E-state index in [2.05, 4.69) is 25.6 Å². The molecule has 2 aromatic heterocycles. The minimum Gasteiger partial charge on any atom is -0.497 e. The zero-order chi connectivity index (χ0) is 20.9. The van der Waals surface area contributed by atoms with Gasteiger partial charge in [-0.05, 0) is 42.0 Å². The van der Waals surface area contributed by atoms with Crippen molar-refractivity contribution in [3.8, 4) is 5.75 Å². The van der Waals surface area contributed by atoms with E-state index in [4.69, 9.17) is 4.74 Å². The van der Waals surface area contributed by atoms with Crippen LogP contribution < -0.4 is 15.4 Å². The van der Waals surface area contributed by atoms with E-state index >= 15 is 0 Å². The molecule has 0 fully saturated rings. The molecule has 0 radical (unpaired) electrons. The maximum absolute atomic E-state index is 11.8. The Labute approximate surface area is 171 Å². The van der Waals surface area contributed by atoms with Crippen LogP contribution >= 0.6 is 0 Å². The zero-order valence-electron chi connectivity index (χ0n) is 16.1. The summed E-state index contributed by atoms with van der Waals surface area (Å²) in [7, 11) is 1.60. The van der Waals surface area contributed by atoms with Crippen LogP contribution in [-0.4, -0.2) is 27.0 Å². The molecule has 0 unspecified atom stereocenters. The van der Waals surface area contributed by atoms with E-state index in [1.807, 2.05) is 54.6 Å². The van der Waals surface area contributed by atoms with Crippen LogP contribution in [0.5, 0.6) is 5.75 Å². The number of nitrogens with one attached hydrogen (secondary N) is 2. The molecule has 0 aliphatic rings. The highest BCUT2D eigenvalue weighted by Crippen LogP contribution is 2.33. The zero-order valence-corrected chi connectivity index (χ0v) is 16.1. The number of ether oxygens (including phenoxy) is 1. The summed E-state index contributed by atoms with van der Waals surface area (Å²) >= 11 is 0. The lowest BCUT2D eigenvalue weighted by Crippen LogP contribution is -2.08. The standard InChI is InChI=1S/C21H18N6O3/c1-30-15-9-7-14(8-10-15)12-23-20-19(27(28)29)21(25-13-24-20)26-18-6-2-5-17-16(18)4-3-11-22-17/h2-11,13H,12H2,1H3,(H2,23,24,25,26). The van der Waals surface area contributed by atoms with Crippen LogP contribution in [0.4, 0.5) is 23.0 Å². The summed E-state index contributed by atoms with van der Waals surface area (Å²) < 4.78 is 5.14. The third-order valence-corrected chi connectivity index (χ3v) is 4.52. The molecule has 0 amide bonds. The van der Waals surface area contributed by atoms with E-state index in [-0.39, 0.29) is 17.3 Å². The molecule has 0 aliphatic heterocycles. The van der Waals surface area contributed by atoms with Gasteiger partial charge in [0.15, 0.2) is 0 Å². The molecule has 2 heterocycles. The molecule has 30 heavy (non-hydrogen) atoms. The molecule has 4 rings (SSSR count). The van der Waals surface area contributed by atoms with Crippen LogP contribution in [-0.2, 0) is 6.54 Å². The maximum Gasteiger partial charge on any atom is 0.353 e. The topological polar surface area (TPSA) is 115 Å². The first kappa shape index (κ1) is 19.1. The van der Waals surface area contributed by atoms with Crippen molar-refractivity contribution in [2.24, 2.45) is 0 Å². The molecule has 0 aliphatic carbocycles. The van der Waals surface area contributed by atoms with Crippen molar-refractivity contribution in [3.63, 3.8) is 0 Å². The normalized spacial score (nSPS) is 10.6. The van der Waals surface area contributed by atoms with Gasteiger partial charge in [0, 0.05) is 23.8 Å². The third kappa shape index (κ3) is 3.95. The second-order valence-corrected chi connectivity index (χ2v) is 6.38. The smallest absolute Gasteiger partial charge is 0.353 e. The number of nitro groups is 1. The maximum atomic E-state index is 11.8. The van der Waals surface area contributed by atoms with Crippen molar-refractivity contribution in [1.82, 2.24) is 15.0 Å². The van der Waals surface area contributed by atoms with Crippen molar-refractivity contribution in [2.45, 2.75) is 6.54 Å². The molecule has 0 bridgehead atoms. The summed E-state index contributed by atoms with van der Waals surface area (Å²) in [6, 6.07) is 16.6. The Morgan fingerprint density at radius 3 is 2.57 bits per heavy atom. The van der Waals surface area contributed by atoms with Crippen molar-refractivity contribution >= 4 is 33.9 Å². The highest BCUT2D eigenvalue weighted by atomic mass is 16.6. The minimum absolute atomic E-state index is 0.101. The number of benzene rings is 2. The van der Waals surface area contributed by atoms with Gasteiger partial charge in [0.1, 0.15) is 12.1 Å². The highest BCUT2D eigenvalue weighted by Gasteiger charge is 2.23. The quantitative estimate of drug-likeness (QED) is 0.347. The fraction of sp³-hybridized carbons (Fsp3) is 0.0952. The summed E-state index contributed by atoms with van der Waals surface area (Å²) in [6.45, 7) is 0.361. The summed E-state index contributed by atoms with van der Waals surface area (Å²) in [5.74, 6) is 0.970. The lowest BCUT2D eigenvalue weighted by Gasteiger charge is -2.11. The van der Waals surface area contributed by atoms with Crippen molar-refractivity contribution in [2.75, 3.05) is 17.7 Å². The molecule has 2 aromatic carbocycles. The van der Waals surface area contributed by atoms with Crippen LogP contribution in [0.25, 0.3) is 10.9 Å². The van der Waals surface area contributed by atoms with E-state index in [1.54, 1.807) is 13.3 Å². The lowest BCUT2D eigenvalue weighted by molar-refractivity contribution is -0.383. The van der Waals surface area contributed by atoms with Gasteiger partial charge in [-0.15, -0.1) is 0 Å². The second kappa shape index (κ2) is 8.39. The molecule has 0 spiro atoms. The Kier molecular flexibility index (Phi) is 5.33. The molecule has 0 saturated heterocycles. The number of aromatic nitrogens is 3. The van der Waals surface area contributed by atoms with E-state index in [1.165, 1.54) is 6.33 Å². The van der Waals surface area contributed by atoms with Crippen LogP contribution in [0.15, 0.2) is 67.1 Å². The van der Waals surface area contributed by atoms with E-state index in [9.17, 15) is 10.1 Å². The predicted octanol–water partition coefficient (Wildman–Crippen LogP) is 4.30. The molecule has 9 nitrogen and oxygen atoms in total. The summed E-state index contributed by atoms with van der Waals surface area (Å²) in [5, 5.41) is 18.7. The Bertz CT molecular complexity index is 1190. The minimum atomic E-state index is -0.498. The van der Waals surface area contributed by atoms with Crippen LogP contribution in [0.3, 0.4) is 0 Å². The van der Waals surface area contributed by atoms with Crippen LogP contribution in [0.1, 0.15) is 5.56 Å². The number of fused-ring (bicyclic) bond motifs is 1. The molecule has 4 aromatic rings. The Morgan fingerprint density at radius 1 is 1.00 bits per heavy atom. The molecule has 0 saturated carbocycles. The van der Waals surface area contributed by atoms with Gasteiger partial charge in [-0.1, -0.05) is 18.2 Å². The van der Waals surface area contributed by atoms with Gasteiger partial charge in [0.25, 0.3) is 0 Å². The molecule has 2 N–H and O–H groups in total. The number of pyridine rings is 1. The molecular weight excluding hydrogens is 384 g/mol. The number of rotatable bonds is 7. The van der Waals surface area contributed by atoms with Gasteiger partial charge in [-0.2, -0.15) is 0 Å². The Morgan fingerprint density at radius 2 is 1.80 bits per heavy atom. The first-order chi connectivity index (χ1) is 14.7. The number of methoxy groups -OCH3 is 1. The summed E-state index contributed by atoms with van der Waals surface area (Å²) in [4.78, 5) is 23.8. The molecular formula is C21H18N6O3. The van der Waals surface area contributed by atoms with Crippen molar-refractivity contribution < 1.29 is 9.66 Å². The Balaban J connectivity index is 1.63. The predicted molar refractivity (Wildman–Crippen MR) is 114 cm³/mol. The van der Waals surface area contributed by atoms with Gasteiger partial charge in [0.2, 0.25) is 11.6 Å².